The lowest BCUT2D eigenvalue weighted by Crippen LogP contribution is -2.34. The summed E-state index contributed by atoms with van der Waals surface area (Å²) in [6.45, 7) is 1.31. The van der Waals surface area contributed by atoms with Gasteiger partial charge in [0.1, 0.15) is 17.4 Å². The smallest absolute Gasteiger partial charge is 0.140 e. The summed E-state index contributed by atoms with van der Waals surface area (Å²) in [6.07, 6.45) is 3.82. The number of rotatable bonds is 6. The van der Waals surface area contributed by atoms with Gasteiger partial charge in [0.25, 0.3) is 0 Å². The number of nitrogens with zero attached hydrogens (tertiary/aromatic N) is 1. The van der Waals surface area contributed by atoms with Gasteiger partial charge in [0.15, 0.2) is 0 Å². The molecule has 1 heterocycles. The fourth-order valence-electron chi connectivity index (χ4n) is 2.69. The van der Waals surface area contributed by atoms with Crippen molar-refractivity contribution in [3.8, 4) is 5.75 Å². The summed E-state index contributed by atoms with van der Waals surface area (Å²) in [5.74, 6) is 0.873. The van der Waals surface area contributed by atoms with Crippen LogP contribution in [-0.4, -0.2) is 22.2 Å². The summed E-state index contributed by atoms with van der Waals surface area (Å²) >= 11 is 1.64. The van der Waals surface area contributed by atoms with Crippen LogP contribution in [0.15, 0.2) is 35.7 Å². The second-order valence-electron chi connectivity index (χ2n) is 5.72. The molecular formula is C17H22N2O2S. The van der Waals surface area contributed by atoms with Gasteiger partial charge in [-0.2, -0.15) is 0 Å². The van der Waals surface area contributed by atoms with Crippen LogP contribution in [0, 0.1) is 0 Å². The standard InChI is InChI=1S/C17H22N2O2S/c20-15-8-6-13(7-9-15)18-10-14-12-22-17(19-14)11-21-16-4-2-1-3-5-16/h1-5,12-13,15,18,20H,6-11H2. The highest BCUT2D eigenvalue weighted by molar-refractivity contribution is 7.09. The molecule has 3 rings (SSSR count). The number of benzene rings is 1. The molecule has 1 saturated carbocycles. The first kappa shape index (κ1) is 15.5. The average molecular weight is 318 g/mol. The third kappa shape index (κ3) is 4.53. The Labute approximate surface area is 135 Å². The summed E-state index contributed by atoms with van der Waals surface area (Å²) in [4.78, 5) is 4.61. The van der Waals surface area contributed by atoms with Crippen molar-refractivity contribution in [2.24, 2.45) is 0 Å². The van der Waals surface area contributed by atoms with Gasteiger partial charge >= 0.3 is 0 Å². The van der Waals surface area contributed by atoms with E-state index in [1.165, 1.54) is 0 Å². The number of aliphatic hydroxyl groups excluding tert-OH is 1. The fraction of sp³-hybridized carbons (Fsp3) is 0.471. The topological polar surface area (TPSA) is 54.4 Å². The van der Waals surface area contributed by atoms with Gasteiger partial charge in [0.05, 0.1) is 11.8 Å². The molecule has 0 radical (unpaired) electrons. The first-order chi connectivity index (χ1) is 10.8. The Morgan fingerprint density at radius 1 is 1.18 bits per heavy atom. The lowest BCUT2D eigenvalue weighted by atomic mass is 9.93. The van der Waals surface area contributed by atoms with E-state index < -0.39 is 0 Å². The van der Waals surface area contributed by atoms with Crippen molar-refractivity contribution in [1.29, 1.82) is 0 Å². The minimum absolute atomic E-state index is 0.0981. The van der Waals surface area contributed by atoms with Crippen LogP contribution >= 0.6 is 11.3 Å². The maximum atomic E-state index is 9.52. The fourth-order valence-corrected chi connectivity index (χ4v) is 3.39. The molecule has 0 bridgehead atoms. The summed E-state index contributed by atoms with van der Waals surface area (Å²) in [5.41, 5.74) is 1.07. The van der Waals surface area contributed by atoms with Crippen molar-refractivity contribution >= 4 is 11.3 Å². The van der Waals surface area contributed by atoms with Gasteiger partial charge in [0, 0.05) is 18.0 Å². The van der Waals surface area contributed by atoms with E-state index in [-0.39, 0.29) is 6.10 Å². The third-order valence-corrected chi connectivity index (χ3v) is 4.84. The minimum atomic E-state index is -0.0981. The van der Waals surface area contributed by atoms with Gasteiger partial charge < -0.3 is 15.2 Å². The molecule has 0 unspecified atom stereocenters. The quantitative estimate of drug-likeness (QED) is 0.859. The number of aliphatic hydroxyl groups is 1. The number of hydrogen-bond donors (Lipinski definition) is 2. The first-order valence-electron chi connectivity index (χ1n) is 7.82. The predicted octanol–water partition coefficient (Wildman–Crippen LogP) is 3.12. The average Bonchev–Trinajstić information content (AvgIpc) is 3.01. The van der Waals surface area contributed by atoms with E-state index in [4.69, 9.17) is 4.74 Å². The van der Waals surface area contributed by atoms with Gasteiger partial charge in [0.2, 0.25) is 0 Å². The minimum Gasteiger partial charge on any atom is -0.486 e. The number of para-hydroxylation sites is 1. The highest BCUT2D eigenvalue weighted by Gasteiger charge is 2.18. The van der Waals surface area contributed by atoms with Crippen LogP contribution < -0.4 is 10.1 Å². The Morgan fingerprint density at radius 3 is 2.73 bits per heavy atom. The molecule has 0 saturated heterocycles. The molecule has 0 spiro atoms. The molecule has 1 aromatic carbocycles. The van der Waals surface area contributed by atoms with Crippen LogP contribution in [0.3, 0.4) is 0 Å². The Morgan fingerprint density at radius 2 is 1.95 bits per heavy atom. The molecular weight excluding hydrogens is 296 g/mol. The zero-order valence-corrected chi connectivity index (χ0v) is 13.4. The maximum absolute atomic E-state index is 9.52. The van der Waals surface area contributed by atoms with Gasteiger partial charge in [-0.1, -0.05) is 18.2 Å². The summed E-state index contributed by atoms with van der Waals surface area (Å²) in [5, 5.41) is 16.1. The van der Waals surface area contributed by atoms with Crippen molar-refractivity contribution in [2.75, 3.05) is 0 Å². The lowest BCUT2D eigenvalue weighted by Gasteiger charge is -2.25. The molecule has 1 aliphatic rings. The summed E-state index contributed by atoms with van der Waals surface area (Å²) in [6, 6.07) is 10.3. The second kappa shape index (κ2) is 7.72. The lowest BCUT2D eigenvalue weighted by molar-refractivity contribution is 0.116. The normalized spacial score (nSPS) is 21.7. The Kier molecular flexibility index (Phi) is 5.43. The number of thiazole rings is 1. The molecule has 2 N–H and O–H groups in total. The zero-order chi connectivity index (χ0) is 15.2. The van der Waals surface area contributed by atoms with Crippen molar-refractivity contribution in [2.45, 2.75) is 51.0 Å². The van der Waals surface area contributed by atoms with E-state index in [0.717, 1.165) is 48.7 Å². The second-order valence-corrected chi connectivity index (χ2v) is 6.66. The van der Waals surface area contributed by atoms with E-state index >= 15 is 0 Å². The monoisotopic (exact) mass is 318 g/mol. The Bertz CT molecular complexity index is 565. The molecule has 0 aliphatic heterocycles. The van der Waals surface area contributed by atoms with Gasteiger partial charge in [-0.3, -0.25) is 0 Å². The van der Waals surface area contributed by atoms with E-state index in [2.05, 4.69) is 15.7 Å². The van der Waals surface area contributed by atoms with E-state index in [1.807, 2.05) is 30.3 Å². The Hall–Kier alpha value is -1.43. The van der Waals surface area contributed by atoms with Crippen LogP contribution in [0.25, 0.3) is 0 Å². The maximum Gasteiger partial charge on any atom is 0.140 e. The SMILES string of the molecule is OC1CCC(NCc2csc(COc3ccccc3)n2)CC1. The van der Waals surface area contributed by atoms with Crippen LogP contribution in [0.5, 0.6) is 5.75 Å². The van der Waals surface area contributed by atoms with Crippen molar-refractivity contribution in [3.63, 3.8) is 0 Å². The molecule has 22 heavy (non-hydrogen) atoms. The van der Waals surface area contributed by atoms with Crippen LogP contribution in [0.2, 0.25) is 0 Å². The molecule has 1 fully saturated rings. The summed E-state index contributed by atoms with van der Waals surface area (Å²) < 4.78 is 5.71. The van der Waals surface area contributed by atoms with Crippen molar-refractivity contribution < 1.29 is 9.84 Å². The molecule has 1 aliphatic carbocycles. The molecule has 0 atom stereocenters. The van der Waals surface area contributed by atoms with Crippen molar-refractivity contribution in [1.82, 2.24) is 10.3 Å². The molecule has 118 valence electrons. The highest BCUT2D eigenvalue weighted by atomic mass is 32.1. The highest BCUT2D eigenvalue weighted by Crippen LogP contribution is 2.19. The number of hydrogen-bond acceptors (Lipinski definition) is 5. The van der Waals surface area contributed by atoms with Gasteiger partial charge in [-0.05, 0) is 37.8 Å². The number of ether oxygens (including phenoxy) is 1. The molecule has 5 heteroatoms. The first-order valence-corrected chi connectivity index (χ1v) is 8.70. The molecule has 4 nitrogen and oxygen atoms in total. The predicted molar refractivity (Wildman–Crippen MR) is 88.0 cm³/mol. The zero-order valence-electron chi connectivity index (χ0n) is 12.6. The van der Waals surface area contributed by atoms with Gasteiger partial charge in [-0.15, -0.1) is 11.3 Å². The van der Waals surface area contributed by atoms with Crippen LogP contribution in [-0.2, 0) is 13.2 Å². The van der Waals surface area contributed by atoms with Crippen LogP contribution in [0.1, 0.15) is 36.4 Å². The van der Waals surface area contributed by atoms with E-state index in [0.29, 0.717) is 12.6 Å². The Balaban J connectivity index is 1.43. The number of nitrogens with one attached hydrogen (secondary N) is 1. The molecule has 1 aromatic heterocycles. The number of aromatic nitrogens is 1. The summed E-state index contributed by atoms with van der Waals surface area (Å²) in [7, 11) is 0. The van der Waals surface area contributed by atoms with E-state index in [9.17, 15) is 5.11 Å². The molecule has 2 aromatic rings. The largest absolute Gasteiger partial charge is 0.486 e. The van der Waals surface area contributed by atoms with E-state index in [1.54, 1.807) is 11.3 Å². The van der Waals surface area contributed by atoms with Crippen molar-refractivity contribution in [3.05, 3.63) is 46.4 Å². The third-order valence-electron chi connectivity index (χ3n) is 3.97. The molecule has 0 amide bonds. The van der Waals surface area contributed by atoms with Crippen LogP contribution in [0.4, 0.5) is 0 Å². The van der Waals surface area contributed by atoms with Gasteiger partial charge in [-0.25, -0.2) is 4.98 Å².